The van der Waals surface area contributed by atoms with Gasteiger partial charge in [0.25, 0.3) is 0 Å². The van der Waals surface area contributed by atoms with Crippen molar-refractivity contribution in [1.82, 2.24) is 0 Å². The first-order valence-electron chi connectivity index (χ1n) is 11.9. The first-order valence-corrected chi connectivity index (χ1v) is 11.9. The van der Waals surface area contributed by atoms with Crippen molar-refractivity contribution in [2.24, 2.45) is 11.8 Å². The van der Waals surface area contributed by atoms with Gasteiger partial charge in [-0.15, -0.1) is 0 Å². The van der Waals surface area contributed by atoms with Gasteiger partial charge in [0.15, 0.2) is 0 Å². The summed E-state index contributed by atoms with van der Waals surface area (Å²) in [7, 11) is 4.11. The summed E-state index contributed by atoms with van der Waals surface area (Å²) in [6, 6.07) is 0. The number of hydrogen-bond donors (Lipinski definition) is 0. The second-order valence-corrected chi connectivity index (χ2v) is 8.09. The zero-order valence-corrected chi connectivity index (χ0v) is 20.2. The standard InChI is InChI=1S/C25H44O6/c1-5-6-7-8-9-11-14-17-21(22(25(28)31-4)20-24(27)30-3)18-15-12-10-13-16-19-23(26)29-2/h14,17,21-22H,5-13,15-16,18-20H2,1-4H3/b17-14+/t21-,22+/m1/s1. The number of hydrogen-bond acceptors (Lipinski definition) is 6. The van der Waals surface area contributed by atoms with Crippen LogP contribution in [0.5, 0.6) is 0 Å². The summed E-state index contributed by atoms with van der Waals surface area (Å²) in [5.74, 6) is -1.48. The highest BCUT2D eigenvalue weighted by atomic mass is 16.5. The Morgan fingerprint density at radius 1 is 0.742 bits per heavy atom. The number of allylic oxidation sites excluding steroid dienone is 2. The minimum Gasteiger partial charge on any atom is -0.469 e. The van der Waals surface area contributed by atoms with Gasteiger partial charge in [0.2, 0.25) is 0 Å². The van der Waals surface area contributed by atoms with Crippen LogP contribution in [0.25, 0.3) is 0 Å². The second-order valence-electron chi connectivity index (χ2n) is 8.09. The van der Waals surface area contributed by atoms with Crippen molar-refractivity contribution in [3.8, 4) is 0 Å². The Balaban J connectivity index is 4.70. The van der Waals surface area contributed by atoms with Crippen LogP contribution in [0.1, 0.15) is 96.8 Å². The maximum Gasteiger partial charge on any atom is 0.309 e. The minimum atomic E-state index is -0.520. The summed E-state index contributed by atoms with van der Waals surface area (Å²) >= 11 is 0. The Hall–Kier alpha value is -1.85. The first kappa shape index (κ1) is 29.1. The number of unbranched alkanes of at least 4 members (excludes halogenated alkanes) is 9. The van der Waals surface area contributed by atoms with Crippen molar-refractivity contribution >= 4 is 17.9 Å². The van der Waals surface area contributed by atoms with Gasteiger partial charge in [-0.1, -0.05) is 70.4 Å². The molecule has 0 N–H and O–H groups in total. The van der Waals surface area contributed by atoms with Gasteiger partial charge in [0.1, 0.15) is 0 Å². The van der Waals surface area contributed by atoms with Crippen LogP contribution in [-0.4, -0.2) is 39.2 Å². The molecule has 0 aromatic rings. The van der Waals surface area contributed by atoms with Crippen molar-refractivity contribution in [1.29, 1.82) is 0 Å². The molecule has 0 saturated carbocycles. The van der Waals surface area contributed by atoms with Crippen LogP contribution < -0.4 is 0 Å². The maximum atomic E-state index is 12.4. The second kappa shape index (κ2) is 20.1. The van der Waals surface area contributed by atoms with Crippen molar-refractivity contribution in [2.75, 3.05) is 21.3 Å². The lowest BCUT2D eigenvalue weighted by molar-refractivity contribution is -0.153. The van der Waals surface area contributed by atoms with E-state index in [1.165, 1.54) is 47.0 Å². The summed E-state index contributed by atoms with van der Waals surface area (Å²) < 4.78 is 14.4. The molecule has 0 aliphatic heterocycles. The fourth-order valence-electron chi connectivity index (χ4n) is 3.67. The Labute approximate surface area is 189 Å². The van der Waals surface area contributed by atoms with E-state index in [1.54, 1.807) is 0 Å². The molecule has 0 aromatic carbocycles. The fraction of sp³-hybridized carbons (Fsp3) is 0.800. The van der Waals surface area contributed by atoms with Gasteiger partial charge in [0, 0.05) is 6.42 Å². The third-order valence-electron chi connectivity index (χ3n) is 5.64. The van der Waals surface area contributed by atoms with Crippen molar-refractivity contribution in [3.63, 3.8) is 0 Å². The van der Waals surface area contributed by atoms with E-state index < -0.39 is 11.9 Å². The van der Waals surface area contributed by atoms with Crippen molar-refractivity contribution in [3.05, 3.63) is 12.2 Å². The molecule has 0 aliphatic carbocycles. The summed E-state index contributed by atoms with van der Waals surface area (Å²) in [6.07, 6.45) is 17.5. The monoisotopic (exact) mass is 440 g/mol. The summed E-state index contributed by atoms with van der Waals surface area (Å²) in [5.41, 5.74) is 0. The van der Waals surface area contributed by atoms with Gasteiger partial charge >= 0.3 is 17.9 Å². The minimum absolute atomic E-state index is 0.0355. The average Bonchev–Trinajstić information content (AvgIpc) is 2.79. The van der Waals surface area contributed by atoms with Crippen molar-refractivity contribution in [2.45, 2.75) is 96.8 Å². The molecule has 0 rings (SSSR count). The molecule has 0 spiro atoms. The van der Waals surface area contributed by atoms with Crippen LogP contribution in [0.2, 0.25) is 0 Å². The lowest BCUT2D eigenvalue weighted by Crippen LogP contribution is -2.27. The van der Waals surface area contributed by atoms with E-state index >= 15 is 0 Å². The molecule has 31 heavy (non-hydrogen) atoms. The summed E-state index contributed by atoms with van der Waals surface area (Å²) in [4.78, 5) is 35.4. The average molecular weight is 441 g/mol. The number of ether oxygens (including phenoxy) is 3. The van der Waals surface area contributed by atoms with Crippen molar-refractivity contribution < 1.29 is 28.6 Å². The molecule has 0 heterocycles. The highest BCUT2D eigenvalue weighted by molar-refractivity contribution is 5.80. The van der Waals surface area contributed by atoms with Gasteiger partial charge < -0.3 is 14.2 Å². The third kappa shape index (κ3) is 15.6. The van der Waals surface area contributed by atoms with E-state index in [0.29, 0.717) is 6.42 Å². The lowest BCUT2D eigenvalue weighted by Gasteiger charge is -2.22. The molecule has 6 heteroatoms. The largest absolute Gasteiger partial charge is 0.469 e. The molecule has 0 bridgehead atoms. The van der Waals surface area contributed by atoms with E-state index in [1.807, 2.05) is 0 Å². The summed E-state index contributed by atoms with van der Waals surface area (Å²) in [5, 5.41) is 0. The van der Waals surface area contributed by atoms with Gasteiger partial charge in [-0.25, -0.2) is 0 Å². The highest BCUT2D eigenvalue weighted by Crippen LogP contribution is 2.26. The Kier molecular flexibility index (Phi) is 18.9. The Bertz CT molecular complexity index is 514. The number of rotatable bonds is 19. The first-order chi connectivity index (χ1) is 15.0. The predicted octanol–water partition coefficient (Wildman–Crippen LogP) is 5.78. The van der Waals surface area contributed by atoms with Gasteiger partial charge in [-0.05, 0) is 31.6 Å². The fourth-order valence-corrected chi connectivity index (χ4v) is 3.67. The topological polar surface area (TPSA) is 78.9 Å². The van der Waals surface area contributed by atoms with E-state index in [9.17, 15) is 14.4 Å². The van der Waals surface area contributed by atoms with E-state index in [-0.39, 0.29) is 24.3 Å². The molecule has 180 valence electrons. The van der Waals surface area contributed by atoms with Crippen LogP contribution >= 0.6 is 0 Å². The molecule has 0 fully saturated rings. The summed E-state index contributed by atoms with van der Waals surface area (Å²) in [6.45, 7) is 2.21. The normalized spacial score (nSPS) is 13.0. The predicted molar refractivity (Wildman–Crippen MR) is 122 cm³/mol. The van der Waals surface area contributed by atoms with Gasteiger partial charge in [-0.2, -0.15) is 0 Å². The number of methoxy groups -OCH3 is 3. The molecular formula is C25H44O6. The van der Waals surface area contributed by atoms with Crippen LogP contribution in [0.4, 0.5) is 0 Å². The molecule has 0 saturated heterocycles. The smallest absolute Gasteiger partial charge is 0.309 e. The van der Waals surface area contributed by atoms with Crippen LogP contribution in [-0.2, 0) is 28.6 Å². The van der Waals surface area contributed by atoms with Gasteiger partial charge in [-0.3, -0.25) is 14.4 Å². The molecule has 0 aliphatic rings. The zero-order valence-electron chi connectivity index (χ0n) is 20.2. The van der Waals surface area contributed by atoms with Crippen LogP contribution in [0.3, 0.4) is 0 Å². The molecule has 6 nitrogen and oxygen atoms in total. The number of carbonyl (C=O) groups is 3. The quantitative estimate of drug-likeness (QED) is 0.110. The zero-order chi connectivity index (χ0) is 23.3. The molecule has 0 unspecified atom stereocenters. The molecule has 2 atom stereocenters. The maximum absolute atomic E-state index is 12.4. The van der Waals surface area contributed by atoms with E-state index in [2.05, 4.69) is 23.8 Å². The number of esters is 3. The van der Waals surface area contributed by atoms with Gasteiger partial charge in [0.05, 0.1) is 33.7 Å². The third-order valence-corrected chi connectivity index (χ3v) is 5.64. The highest BCUT2D eigenvalue weighted by Gasteiger charge is 2.30. The van der Waals surface area contributed by atoms with E-state index in [0.717, 1.165) is 51.4 Å². The molecule has 0 aromatic heterocycles. The lowest BCUT2D eigenvalue weighted by atomic mass is 9.84. The Morgan fingerprint density at radius 2 is 1.35 bits per heavy atom. The Morgan fingerprint density at radius 3 is 2.00 bits per heavy atom. The van der Waals surface area contributed by atoms with Crippen LogP contribution in [0, 0.1) is 11.8 Å². The van der Waals surface area contributed by atoms with E-state index in [4.69, 9.17) is 9.47 Å². The molecule has 0 radical (unpaired) electrons. The van der Waals surface area contributed by atoms with Crippen LogP contribution in [0.15, 0.2) is 12.2 Å². The SMILES string of the molecule is CCCCCCC/C=C/[C@H](CCCCCCCC(=O)OC)[C@H](CC(=O)OC)C(=O)OC. The number of carbonyl (C=O) groups excluding carboxylic acids is 3. The molecular weight excluding hydrogens is 396 g/mol. The molecule has 0 amide bonds.